The number of aromatic nitrogens is 3. The molecule has 0 radical (unpaired) electrons. The number of methoxy groups -OCH3 is 1. The molecule has 4 aromatic rings. The highest BCUT2D eigenvalue weighted by molar-refractivity contribution is 6.13. The van der Waals surface area contributed by atoms with Gasteiger partial charge in [0.1, 0.15) is 11.4 Å². The van der Waals surface area contributed by atoms with Gasteiger partial charge >= 0.3 is 0 Å². The van der Waals surface area contributed by atoms with Crippen LogP contribution in [0.4, 0.5) is 5.69 Å². The van der Waals surface area contributed by atoms with Gasteiger partial charge in [-0.2, -0.15) is 0 Å². The molecule has 0 spiro atoms. The summed E-state index contributed by atoms with van der Waals surface area (Å²) >= 11 is 0. The third-order valence-corrected chi connectivity index (χ3v) is 7.39. The second kappa shape index (κ2) is 9.24. The number of rotatable bonds is 5. The molecule has 1 saturated carbocycles. The Bertz CT molecular complexity index is 1290. The third-order valence-electron chi connectivity index (χ3n) is 7.39. The number of H-pyrrole nitrogens is 1. The number of ether oxygens (including phenoxy) is 2. The molecule has 176 valence electrons. The molecule has 2 aliphatic rings. The van der Waals surface area contributed by atoms with Gasteiger partial charge < -0.3 is 19.8 Å². The maximum absolute atomic E-state index is 5.53. The Hall–Kier alpha value is -3.16. The van der Waals surface area contributed by atoms with E-state index < -0.39 is 0 Å². The van der Waals surface area contributed by atoms with Crippen LogP contribution in [0.2, 0.25) is 0 Å². The van der Waals surface area contributed by atoms with E-state index >= 15 is 0 Å². The van der Waals surface area contributed by atoms with Gasteiger partial charge in [0.25, 0.3) is 0 Å². The number of fused-ring (bicyclic) bond motifs is 3. The van der Waals surface area contributed by atoms with Crippen LogP contribution in [0.15, 0.2) is 48.9 Å². The van der Waals surface area contributed by atoms with E-state index in [1.54, 1.807) is 13.3 Å². The summed E-state index contributed by atoms with van der Waals surface area (Å²) in [5.74, 6) is 0.758. The van der Waals surface area contributed by atoms with E-state index in [1.807, 2.05) is 18.5 Å². The first-order valence-electron chi connectivity index (χ1n) is 12.3. The molecule has 2 fully saturated rings. The summed E-state index contributed by atoms with van der Waals surface area (Å²) < 4.78 is 10.9. The van der Waals surface area contributed by atoms with E-state index in [9.17, 15) is 0 Å². The van der Waals surface area contributed by atoms with Gasteiger partial charge in [0.05, 0.1) is 26.5 Å². The van der Waals surface area contributed by atoms with Gasteiger partial charge in [0.2, 0.25) is 0 Å². The molecule has 7 nitrogen and oxygen atoms in total. The molecule has 1 aliphatic heterocycles. The molecular weight excluding hydrogens is 426 g/mol. The SMILES string of the molecule is COc1cncc(-c2ccc3[nH]c4nccc(NC5CCC(N6CCOCC6)CC5)c4c3c2)c1. The lowest BCUT2D eigenvalue weighted by molar-refractivity contribution is 0.00791. The molecule has 3 aromatic heterocycles. The van der Waals surface area contributed by atoms with Gasteiger partial charge in [0.15, 0.2) is 0 Å². The summed E-state index contributed by atoms with van der Waals surface area (Å²) in [6, 6.07) is 11.8. The molecule has 2 N–H and O–H groups in total. The van der Waals surface area contributed by atoms with Crippen molar-refractivity contribution in [2.45, 2.75) is 37.8 Å². The monoisotopic (exact) mass is 457 g/mol. The van der Waals surface area contributed by atoms with Crippen LogP contribution in [-0.2, 0) is 4.74 Å². The van der Waals surface area contributed by atoms with Crippen LogP contribution in [-0.4, -0.2) is 65.3 Å². The highest BCUT2D eigenvalue weighted by atomic mass is 16.5. The smallest absolute Gasteiger partial charge is 0.140 e. The predicted octanol–water partition coefficient (Wildman–Crippen LogP) is 4.84. The van der Waals surface area contributed by atoms with Crippen molar-refractivity contribution in [3.63, 3.8) is 0 Å². The van der Waals surface area contributed by atoms with Gasteiger partial charge in [0, 0.05) is 65.1 Å². The molecule has 1 aromatic carbocycles. The largest absolute Gasteiger partial charge is 0.495 e. The zero-order chi connectivity index (χ0) is 22.9. The number of nitrogens with one attached hydrogen (secondary N) is 2. The Labute approximate surface area is 199 Å². The van der Waals surface area contributed by atoms with Crippen LogP contribution in [0.5, 0.6) is 5.75 Å². The normalized spacial score (nSPS) is 21.7. The number of hydrogen-bond acceptors (Lipinski definition) is 6. The van der Waals surface area contributed by atoms with E-state index in [2.05, 4.69) is 49.4 Å². The Morgan fingerprint density at radius 1 is 1.03 bits per heavy atom. The second-order valence-electron chi connectivity index (χ2n) is 9.38. The Morgan fingerprint density at radius 2 is 1.88 bits per heavy atom. The van der Waals surface area contributed by atoms with E-state index in [0.717, 1.165) is 65.4 Å². The fourth-order valence-corrected chi connectivity index (χ4v) is 5.55. The molecule has 34 heavy (non-hydrogen) atoms. The number of hydrogen-bond donors (Lipinski definition) is 2. The van der Waals surface area contributed by atoms with Crippen LogP contribution in [0, 0.1) is 0 Å². The van der Waals surface area contributed by atoms with Crippen molar-refractivity contribution in [2.75, 3.05) is 38.7 Å². The molecule has 7 heteroatoms. The van der Waals surface area contributed by atoms with Crippen molar-refractivity contribution in [3.05, 3.63) is 48.9 Å². The molecule has 6 rings (SSSR count). The lowest BCUT2D eigenvalue weighted by atomic mass is 9.89. The van der Waals surface area contributed by atoms with Crippen molar-refractivity contribution in [1.29, 1.82) is 0 Å². The zero-order valence-corrected chi connectivity index (χ0v) is 19.6. The van der Waals surface area contributed by atoms with E-state index in [1.165, 1.54) is 31.1 Å². The summed E-state index contributed by atoms with van der Waals surface area (Å²) in [5.41, 5.74) is 5.32. The van der Waals surface area contributed by atoms with E-state index in [0.29, 0.717) is 12.1 Å². The first-order valence-corrected chi connectivity index (χ1v) is 12.3. The first-order chi connectivity index (χ1) is 16.8. The molecule has 1 aliphatic carbocycles. The lowest BCUT2D eigenvalue weighted by Crippen LogP contribution is -2.46. The first kappa shape index (κ1) is 21.4. The van der Waals surface area contributed by atoms with Gasteiger partial charge in [-0.25, -0.2) is 4.98 Å². The minimum atomic E-state index is 0.485. The Kier molecular flexibility index (Phi) is 5.81. The van der Waals surface area contributed by atoms with E-state index in [-0.39, 0.29) is 0 Å². The summed E-state index contributed by atoms with van der Waals surface area (Å²) in [7, 11) is 1.67. The van der Waals surface area contributed by atoms with E-state index in [4.69, 9.17) is 9.47 Å². The number of anilines is 1. The third kappa shape index (κ3) is 4.10. The topological polar surface area (TPSA) is 75.3 Å². The molecule has 0 bridgehead atoms. The summed E-state index contributed by atoms with van der Waals surface area (Å²) in [6.45, 7) is 3.91. The zero-order valence-electron chi connectivity index (χ0n) is 19.6. The molecule has 0 atom stereocenters. The van der Waals surface area contributed by atoms with Crippen molar-refractivity contribution in [3.8, 4) is 16.9 Å². The maximum atomic E-state index is 5.53. The average Bonchev–Trinajstić information content (AvgIpc) is 3.28. The van der Waals surface area contributed by atoms with Crippen molar-refractivity contribution < 1.29 is 9.47 Å². The molecule has 0 unspecified atom stereocenters. The highest BCUT2D eigenvalue weighted by Gasteiger charge is 2.27. The van der Waals surface area contributed by atoms with Crippen LogP contribution >= 0.6 is 0 Å². The minimum Gasteiger partial charge on any atom is -0.495 e. The second-order valence-corrected chi connectivity index (χ2v) is 9.38. The van der Waals surface area contributed by atoms with Crippen LogP contribution in [0.1, 0.15) is 25.7 Å². The number of pyridine rings is 2. The quantitative estimate of drug-likeness (QED) is 0.447. The van der Waals surface area contributed by atoms with Crippen molar-refractivity contribution >= 4 is 27.6 Å². The lowest BCUT2D eigenvalue weighted by Gasteiger charge is -2.39. The molecule has 4 heterocycles. The fourth-order valence-electron chi connectivity index (χ4n) is 5.55. The maximum Gasteiger partial charge on any atom is 0.140 e. The number of benzene rings is 1. The number of aromatic amines is 1. The number of nitrogens with zero attached hydrogens (tertiary/aromatic N) is 3. The van der Waals surface area contributed by atoms with Crippen LogP contribution < -0.4 is 10.1 Å². The van der Waals surface area contributed by atoms with Gasteiger partial charge in [-0.3, -0.25) is 9.88 Å². The minimum absolute atomic E-state index is 0.485. The summed E-state index contributed by atoms with van der Waals surface area (Å²) in [6.07, 6.45) is 10.4. The van der Waals surface area contributed by atoms with Gasteiger partial charge in [-0.05, 0) is 55.5 Å². The Balaban J connectivity index is 1.27. The fraction of sp³-hybridized carbons (Fsp3) is 0.407. The Morgan fingerprint density at radius 3 is 2.71 bits per heavy atom. The summed E-state index contributed by atoms with van der Waals surface area (Å²) in [5, 5.41) is 6.20. The average molecular weight is 458 g/mol. The van der Waals surface area contributed by atoms with Crippen molar-refractivity contribution in [2.24, 2.45) is 0 Å². The molecule has 0 amide bonds. The van der Waals surface area contributed by atoms with Gasteiger partial charge in [-0.15, -0.1) is 0 Å². The standard InChI is InChI=1S/C27H31N5O2/c1-33-22-14-19(16-28-17-22)18-2-7-24-23(15-18)26-25(8-9-29-27(26)31-24)30-20-3-5-21(6-4-20)32-10-12-34-13-11-32/h2,7-9,14-17,20-21H,3-6,10-13H2,1H3,(H2,29,30,31). The highest BCUT2D eigenvalue weighted by Crippen LogP contribution is 2.35. The molecule has 1 saturated heterocycles. The number of morpholine rings is 1. The van der Waals surface area contributed by atoms with Crippen molar-refractivity contribution in [1.82, 2.24) is 19.9 Å². The summed E-state index contributed by atoms with van der Waals surface area (Å²) in [4.78, 5) is 15.1. The molecular formula is C27H31N5O2. The van der Waals surface area contributed by atoms with Gasteiger partial charge in [-0.1, -0.05) is 6.07 Å². The van der Waals surface area contributed by atoms with Crippen LogP contribution in [0.25, 0.3) is 33.1 Å². The van der Waals surface area contributed by atoms with Crippen LogP contribution in [0.3, 0.4) is 0 Å². The predicted molar refractivity (Wildman–Crippen MR) is 135 cm³/mol.